The molecule has 0 bridgehead atoms. The minimum absolute atomic E-state index is 0.0894. The number of amides is 2. The number of hydrogen-bond donors (Lipinski definition) is 1. The Morgan fingerprint density at radius 3 is 2.46 bits per heavy atom. The third-order valence-corrected chi connectivity index (χ3v) is 4.61. The Bertz CT molecular complexity index is 998. The first-order chi connectivity index (χ1) is 13.7. The van der Waals surface area contributed by atoms with Crippen molar-refractivity contribution < 1.29 is 14.3 Å². The molecule has 0 saturated carbocycles. The zero-order chi connectivity index (χ0) is 19.3. The van der Waals surface area contributed by atoms with Crippen LogP contribution in [0.4, 0.5) is 5.69 Å². The fourth-order valence-corrected chi connectivity index (χ4v) is 3.07. The Kier molecular flexibility index (Phi) is 5.25. The molecule has 1 saturated heterocycles. The summed E-state index contributed by atoms with van der Waals surface area (Å²) in [4.78, 5) is 35.2. The van der Waals surface area contributed by atoms with Crippen LogP contribution in [-0.2, 0) is 16.0 Å². The Hall–Kier alpha value is -3.32. The molecule has 1 aliphatic heterocycles. The largest absolute Gasteiger partial charge is 0.378 e. The summed E-state index contributed by atoms with van der Waals surface area (Å²) in [6.45, 7) is 2.46. The molecule has 1 N–H and O–H groups in total. The van der Waals surface area contributed by atoms with Gasteiger partial charge in [-0.15, -0.1) is 0 Å². The number of carbonyl (C=O) groups excluding carboxylic acids is 2. The van der Waals surface area contributed by atoms with E-state index < -0.39 is 0 Å². The second-order valence-electron chi connectivity index (χ2n) is 6.56. The van der Waals surface area contributed by atoms with Gasteiger partial charge in [0.2, 0.25) is 5.91 Å². The molecule has 28 heavy (non-hydrogen) atoms. The lowest BCUT2D eigenvalue weighted by atomic mass is 10.1. The van der Waals surface area contributed by atoms with Crippen LogP contribution in [0.5, 0.6) is 0 Å². The molecule has 142 valence electrons. The highest BCUT2D eigenvalue weighted by Crippen LogP contribution is 2.14. The normalized spacial score (nSPS) is 14.1. The fourth-order valence-electron chi connectivity index (χ4n) is 3.07. The Labute approximate surface area is 162 Å². The van der Waals surface area contributed by atoms with Gasteiger partial charge in [0.15, 0.2) is 0 Å². The van der Waals surface area contributed by atoms with Crippen molar-refractivity contribution in [2.45, 2.75) is 6.42 Å². The topological polar surface area (TPSA) is 84.4 Å². The maximum absolute atomic E-state index is 12.4. The summed E-state index contributed by atoms with van der Waals surface area (Å²) in [7, 11) is 0. The third-order valence-electron chi connectivity index (χ3n) is 4.61. The maximum atomic E-state index is 12.4. The molecule has 3 aromatic rings. The molecule has 4 rings (SSSR count). The van der Waals surface area contributed by atoms with E-state index >= 15 is 0 Å². The van der Waals surface area contributed by atoms with E-state index in [2.05, 4.69) is 15.3 Å². The lowest BCUT2D eigenvalue weighted by Crippen LogP contribution is -2.41. The van der Waals surface area contributed by atoms with E-state index in [0.29, 0.717) is 43.9 Å². The van der Waals surface area contributed by atoms with Gasteiger partial charge in [0.05, 0.1) is 36.9 Å². The van der Waals surface area contributed by atoms with Gasteiger partial charge in [-0.25, -0.2) is 4.98 Å². The van der Waals surface area contributed by atoms with E-state index in [-0.39, 0.29) is 17.5 Å². The molecular weight excluding hydrogens is 356 g/mol. The van der Waals surface area contributed by atoms with E-state index in [1.165, 1.54) is 6.20 Å². The van der Waals surface area contributed by atoms with Gasteiger partial charge in [-0.05, 0) is 29.8 Å². The first-order valence-corrected chi connectivity index (χ1v) is 9.17. The second-order valence-corrected chi connectivity index (χ2v) is 6.56. The van der Waals surface area contributed by atoms with Gasteiger partial charge in [0.25, 0.3) is 5.91 Å². The molecule has 0 atom stereocenters. The standard InChI is InChI=1S/C21H20N4O3/c26-20(25-9-11-28-12-10-25)13-15-5-7-16(8-6-15)23-21(27)19-14-22-17-3-1-2-4-18(17)24-19/h1-8,14H,9-13H2,(H,23,27). The van der Waals surface area contributed by atoms with E-state index in [0.717, 1.165) is 11.1 Å². The number of anilines is 1. The number of nitrogens with zero attached hydrogens (tertiary/aromatic N) is 3. The smallest absolute Gasteiger partial charge is 0.275 e. The Morgan fingerprint density at radius 1 is 1.00 bits per heavy atom. The quantitative estimate of drug-likeness (QED) is 0.755. The van der Waals surface area contributed by atoms with Crippen molar-refractivity contribution in [1.82, 2.24) is 14.9 Å². The van der Waals surface area contributed by atoms with Gasteiger partial charge < -0.3 is 15.0 Å². The zero-order valence-corrected chi connectivity index (χ0v) is 15.3. The van der Waals surface area contributed by atoms with Crippen LogP contribution in [0.2, 0.25) is 0 Å². The van der Waals surface area contributed by atoms with Crippen LogP contribution in [0.3, 0.4) is 0 Å². The number of nitrogens with one attached hydrogen (secondary N) is 1. The molecule has 2 aromatic carbocycles. The lowest BCUT2D eigenvalue weighted by molar-refractivity contribution is -0.134. The minimum Gasteiger partial charge on any atom is -0.378 e. The maximum Gasteiger partial charge on any atom is 0.275 e. The van der Waals surface area contributed by atoms with Crippen molar-refractivity contribution in [3.8, 4) is 0 Å². The first-order valence-electron chi connectivity index (χ1n) is 9.17. The van der Waals surface area contributed by atoms with Crippen LogP contribution >= 0.6 is 0 Å². The molecule has 0 radical (unpaired) electrons. The van der Waals surface area contributed by atoms with E-state index in [1.54, 1.807) is 12.1 Å². The van der Waals surface area contributed by atoms with E-state index in [4.69, 9.17) is 4.74 Å². The number of fused-ring (bicyclic) bond motifs is 1. The number of aromatic nitrogens is 2. The Morgan fingerprint density at radius 2 is 1.71 bits per heavy atom. The van der Waals surface area contributed by atoms with Crippen molar-refractivity contribution in [2.24, 2.45) is 0 Å². The molecular formula is C21H20N4O3. The summed E-state index contributed by atoms with van der Waals surface area (Å²) >= 11 is 0. The third kappa shape index (κ3) is 4.15. The van der Waals surface area contributed by atoms with Crippen LogP contribution in [0, 0.1) is 0 Å². The summed E-state index contributed by atoms with van der Waals surface area (Å²) in [5.41, 5.74) is 3.22. The molecule has 1 aromatic heterocycles. The number of ether oxygens (including phenoxy) is 1. The van der Waals surface area contributed by atoms with Crippen LogP contribution in [0.25, 0.3) is 11.0 Å². The van der Waals surface area contributed by atoms with Crippen molar-refractivity contribution in [3.05, 3.63) is 66.0 Å². The summed E-state index contributed by atoms with van der Waals surface area (Å²) in [6, 6.07) is 14.7. The van der Waals surface area contributed by atoms with Gasteiger partial charge in [-0.1, -0.05) is 24.3 Å². The number of para-hydroxylation sites is 2. The molecule has 7 heteroatoms. The number of morpholine rings is 1. The van der Waals surface area contributed by atoms with Gasteiger partial charge in [0, 0.05) is 18.8 Å². The SMILES string of the molecule is O=C(Nc1ccc(CC(=O)N2CCOCC2)cc1)c1cnc2ccccc2n1. The molecule has 1 fully saturated rings. The average Bonchev–Trinajstić information content (AvgIpc) is 2.75. The summed E-state index contributed by atoms with van der Waals surface area (Å²) < 4.78 is 5.27. The summed E-state index contributed by atoms with van der Waals surface area (Å²) in [5.74, 6) is -0.234. The highest BCUT2D eigenvalue weighted by Gasteiger charge is 2.17. The first kappa shape index (κ1) is 18.1. The van der Waals surface area contributed by atoms with Gasteiger partial charge in [-0.2, -0.15) is 0 Å². The second kappa shape index (κ2) is 8.14. The van der Waals surface area contributed by atoms with Crippen molar-refractivity contribution in [3.63, 3.8) is 0 Å². The highest BCUT2D eigenvalue weighted by molar-refractivity contribution is 6.03. The average molecular weight is 376 g/mol. The molecule has 1 aliphatic rings. The predicted octanol–water partition coefficient (Wildman–Crippen LogP) is 2.28. The molecule has 2 amide bonds. The van der Waals surface area contributed by atoms with Crippen LogP contribution in [-0.4, -0.2) is 53.0 Å². The fraction of sp³-hybridized carbons (Fsp3) is 0.238. The highest BCUT2D eigenvalue weighted by atomic mass is 16.5. The predicted molar refractivity (Wildman–Crippen MR) is 105 cm³/mol. The van der Waals surface area contributed by atoms with E-state index in [9.17, 15) is 9.59 Å². The van der Waals surface area contributed by atoms with Crippen LogP contribution < -0.4 is 5.32 Å². The van der Waals surface area contributed by atoms with Gasteiger partial charge in [0.1, 0.15) is 5.69 Å². The van der Waals surface area contributed by atoms with Crippen molar-refractivity contribution in [1.29, 1.82) is 0 Å². The summed E-state index contributed by atoms with van der Waals surface area (Å²) in [6.07, 6.45) is 1.80. The summed E-state index contributed by atoms with van der Waals surface area (Å²) in [5, 5.41) is 2.81. The number of hydrogen-bond acceptors (Lipinski definition) is 5. The zero-order valence-electron chi connectivity index (χ0n) is 15.3. The minimum atomic E-state index is -0.324. The molecule has 7 nitrogen and oxygen atoms in total. The number of carbonyl (C=O) groups is 2. The molecule has 0 unspecified atom stereocenters. The number of rotatable bonds is 4. The van der Waals surface area contributed by atoms with Gasteiger partial charge in [-0.3, -0.25) is 14.6 Å². The number of benzene rings is 2. The lowest BCUT2D eigenvalue weighted by Gasteiger charge is -2.26. The monoisotopic (exact) mass is 376 g/mol. The van der Waals surface area contributed by atoms with E-state index in [1.807, 2.05) is 41.3 Å². The Balaban J connectivity index is 1.39. The molecule has 0 aliphatic carbocycles. The van der Waals surface area contributed by atoms with Crippen LogP contribution in [0.1, 0.15) is 16.1 Å². The van der Waals surface area contributed by atoms with Crippen molar-refractivity contribution in [2.75, 3.05) is 31.6 Å². The van der Waals surface area contributed by atoms with Crippen molar-refractivity contribution >= 4 is 28.5 Å². The molecule has 2 heterocycles. The van der Waals surface area contributed by atoms with Crippen LogP contribution in [0.15, 0.2) is 54.7 Å². The molecule has 0 spiro atoms. The van der Waals surface area contributed by atoms with Gasteiger partial charge >= 0.3 is 0 Å².